The van der Waals surface area contributed by atoms with Crippen molar-refractivity contribution >= 4 is 11.8 Å². The average molecular weight is 267 g/mol. The van der Waals surface area contributed by atoms with Crippen LogP contribution in [-0.2, 0) is 9.59 Å². The van der Waals surface area contributed by atoms with Gasteiger partial charge >= 0.3 is 0 Å². The van der Waals surface area contributed by atoms with Gasteiger partial charge in [-0.1, -0.05) is 6.92 Å². The first kappa shape index (κ1) is 14.3. The Morgan fingerprint density at radius 1 is 1.42 bits per heavy atom. The monoisotopic (exact) mass is 267 g/mol. The average Bonchev–Trinajstić information content (AvgIpc) is 2.87. The van der Waals surface area contributed by atoms with Gasteiger partial charge in [0.1, 0.15) is 0 Å². The first-order chi connectivity index (χ1) is 9.07. The Hall–Kier alpha value is -1.10. The van der Waals surface area contributed by atoms with Crippen LogP contribution >= 0.6 is 0 Å². The van der Waals surface area contributed by atoms with E-state index in [1.54, 1.807) is 0 Å². The molecule has 5 heteroatoms. The topological polar surface area (TPSA) is 75.4 Å². The molecule has 2 atom stereocenters. The number of likely N-dealkylation sites (tertiary alicyclic amines) is 1. The van der Waals surface area contributed by atoms with Crippen molar-refractivity contribution in [2.75, 3.05) is 19.6 Å². The molecular formula is C14H25N3O2. The number of nitrogens with two attached hydrogens (primary N) is 1. The zero-order valence-electron chi connectivity index (χ0n) is 11.8. The van der Waals surface area contributed by atoms with Crippen molar-refractivity contribution in [2.24, 2.45) is 11.7 Å². The quantitative estimate of drug-likeness (QED) is 0.784. The number of carbonyl (C=O) groups is 2. The van der Waals surface area contributed by atoms with Crippen LogP contribution in [0, 0.1) is 5.92 Å². The van der Waals surface area contributed by atoms with Crippen LogP contribution in [0.3, 0.4) is 0 Å². The lowest BCUT2D eigenvalue weighted by atomic mass is 9.89. The van der Waals surface area contributed by atoms with Crippen LogP contribution in [0.15, 0.2) is 0 Å². The Balaban J connectivity index is 2.00. The van der Waals surface area contributed by atoms with Gasteiger partial charge in [0.15, 0.2) is 0 Å². The van der Waals surface area contributed by atoms with E-state index in [0.29, 0.717) is 13.0 Å². The van der Waals surface area contributed by atoms with Crippen LogP contribution < -0.4 is 11.1 Å². The number of primary amides is 1. The SMILES string of the molecule is CCC1(C(=O)N2CCCC(CC(N)=O)C2)CCCN1. The summed E-state index contributed by atoms with van der Waals surface area (Å²) in [5, 5.41) is 3.39. The maximum absolute atomic E-state index is 12.7. The standard InChI is InChI=1S/C14H25N3O2/c1-2-14(6-4-7-16-14)13(19)17-8-3-5-11(10-17)9-12(15)18/h11,16H,2-10H2,1H3,(H2,15,18). The van der Waals surface area contributed by atoms with Crippen molar-refractivity contribution in [3.05, 3.63) is 0 Å². The van der Waals surface area contributed by atoms with Gasteiger partial charge in [-0.2, -0.15) is 0 Å². The minimum atomic E-state index is -0.353. The molecule has 2 saturated heterocycles. The van der Waals surface area contributed by atoms with Gasteiger partial charge in [0, 0.05) is 19.5 Å². The van der Waals surface area contributed by atoms with Crippen LogP contribution in [0.5, 0.6) is 0 Å². The van der Waals surface area contributed by atoms with Crippen molar-refractivity contribution < 1.29 is 9.59 Å². The second-order valence-electron chi connectivity index (χ2n) is 5.90. The lowest BCUT2D eigenvalue weighted by molar-refractivity contribution is -0.140. The molecule has 0 aromatic rings. The number of amides is 2. The number of rotatable bonds is 4. The second-order valence-corrected chi connectivity index (χ2v) is 5.90. The number of piperidine rings is 1. The summed E-state index contributed by atoms with van der Waals surface area (Å²) in [5.74, 6) is 0.204. The van der Waals surface area contributed by atoms with E-state index in [9.17, 15) is 9.59 Å². The molecule has 0 radical (unpaired) electrons. The van der Waals surface area contributed by atoms with Crippen molar-refractivity contribution in [1.29, 1.82) is 0 Å². The molecule has 2 unspecified atom stereocenters. The Morgan fingerprint density at radius 2 is 2.21 bits per heavy atom. The summed E-state index contributed by atoms with van der Waals surface area (Å²) >= 11 is 0. The summed E-state index contributed by atoms with van der Waals surface area (Å²) in [6, 6.07) is 0. The highest BCUT2D eigenvalue weighted by molar-refractivity contribution is 5.87. The summed E-state index contributed by atoms with van der Waals surface area (Å²) in [6.45, 7) is 4.50. The van der Waals surface area contributed by atoms with Gasteiger partial charge in [0.25, 0.3) is 0 Å². The summed E-state index contributed by atoms with van der Waals surface area (Å²) in [5.41, 5.74) is 4.91. The van der Waals surface area contributed by atoms with Crippen LogP contribution in [0.4, 0.5) is 0 Å². The number of nitrogens with one attached hydrogen (secondary N) is 1. The van der Waals surface area contributed by atoms with Crippen molar-refractivity contribution in [1.82, 2.24) is 10.2 Å². The molecule has 0 saturated carbocycles. The molecule has 0 aromatic heterocycles. The third kappa shape index (κ3) is 3.08. The zero-order chi connectivity index (χ0) is 13.9. The molecule has 0 bridgehead atoms. The molecule has 19 heavy (non-hydrogen) atoms. The molecule has 0 aliphatic carbocycles. The molecular weight excluding hydrogens is 242 g/mol. The molecule has 2 amide bonds. The smallest absolute Gasteiger partial charge is 0.242 e. The molecule has 2 aliphatic heterocycles. The predicted molar refractivity (Wildman–Crippen MR) is 73.4 cm³/mol. The number of hydrogen-bond donors (Lipinski definition) is 2. The summed E-state index contributed by atoms with van der Waals surface area (Å²) < 4.78 is 0. The fraction of sp³-hybridized carbons (Fsp3) is 0.857. The summed E-state index contributed by atoms with van der Waals surface area (Å²) in [7, 11) is 0. The fourth-order valence-electron chi connectivity index (χ4n) is 3.45. The highest BCUT2D eigenvalue weighted by Crippen LogP contribution is 2.28. The van der Waals surface area contributed by atoms with Crippen molar-refractivity contribution in [2.45, 2.75) is 51.0 Å². The lowest BCUT2D eigenvalue weighted by Crippen LogP contribution is -2.56. The zero-order valence-corrected chi connectivity index (χ0v) is 11.8. The molecule has 3 N–H and O–H groups in total. The molecule has 5 nitrogen and oxygen atoms in total. The van der Waals surface area contributed by atoms with E-state index < -0.39 is 0 Å². The Labute approximate surface area is 114 Å². The number of carbonyl (C=O) groups excluding carboxylic acids is 2. The van der Waals surface area contributed by atoms with E-state index in [0.717, 1.165) is 45.2 Å². The normalized spacial score (nSPS) is 31.4. The van der Waals surface area contributed by atoms with Gasteiger partial charge in [-0.05, 0) is 44.6 Å². The third-order valence-electron chi connectivity index (χ3n) is 4.55. The van der Waals surface area contributed by atoms with Crippen LogP contribution in [0.25, 0.3) is 0 Å². The molecule has 2 aliphatic rings. The number of nitrogens with zero attached hydrogens (tertiary/aromatic N) is 1. The number of hydrogen-bond acceptors (Lipinski definition) is 3. The van der Waals surface area contributed by atoms with E-state index in [4.69, 9.17) is 5.73 Å². The minimum Gasteiger partial charge on any atom is -0.370 e. The first-order valence-electron chi connectivity index (χ1n) is 7.40. The van der Waals surface area contributed by atoms with Gasteiger partial charge < -0.3 is 16.0 Å². The second kappa shape index (κ2) is 5.90. The molecule has 0 aromatic carbocycles. The first-order valence-corrected chi connectivity index (χ1v) is 7.40. The van der Waals surface area contributed by atoms with E-state index >= 15 is 0 Å². The largest absolute Gasteiger partial charge is 0.370 e. The van der Waals surface area contributed by atoms with E-state index in [1.807, 2.05) is 4.90 Å². The molecule has 2 heterocycles. The van der Waals surface area contributed by atoms with Crippen molar-refractivity contribution in [3.8, 4) is 0 Å². The van der Waals surface area contributed by atoms with Crippen molar-refractivity contribution in [3.63, 3.8) is 0 Å². The lowest BCUT2D eigenvalue weighted by Gasteiger charge is -2.38. The maximum atomic E-state index is 12.7. The molecule has 2 fully saturated rings. The Bertz CT molecular complexity index is 351. The van der Waals surface area contributed by atoms with Crippen LogP contribution in [0.2, 0.25) is 0 Å². The Morgan fingerprint density at radius 3 is 2.79 bits per heavy atom. The van der Waals surface area contributed by atoms with Crippen LogP contribution in [-0.4, -0.2) is 41.9 Å². The summed E-state index contributed by atoms with van der Waals surface area (Å²) in [4.78, 5) is 25.7. The minimum absolute atomic E-state index is 0.224. The van der Waals surface area contributed by atoms with Gasteiger partial charge in [-0.15, -0.1) is 0 Å². The highest BCUT2D eigenvalue weighted by Gasteiger charge is 2.42. The van der Waals surface area contributed by atoms with E-state index in [-0.39, 0.29) is 23.3 Å². The van der Waals surface area contributed by atoms with Gasteiger partial charge in [-0.3, -0.25) is 9.59 Å². The molecule has 108 valence electrons. The van der Waals surface area contributed by atoms with E-state index in [2.05, 4.69) is 12.2 Å². The van der Waals surface area contributed by atoms with Crippen LogP contribution in [0.1, 0.15) is 45.4 Å². The molecule has 2 rings (SSSR count). The highest BCUT2D eigenvalue weighted by atomic mass is 16.2. The molecule has 0 spiro atoms. The van der Waals surface area contributed by atoms with Gasteiger partial charge in [0.2, 0.25) is 11.8 Å². The maximum Gasteiger partial charge on any atom is 0.242 e. The predicted octanol–water partition coefficient (Wildman–Crippen LogP) is 0.633. The van der Waals surface area contributed by atoms with E-state index in [1.165, 1.54) is 0 Å². The summed E-state index contributed by atoms with van der Waals surface area (Å²) in [6.07, 6.45) is 5.21. The third-order valence-corrected chi connectivity index (χ3v) is 4.55. The Kier molecular flexibility index (Phi) is 4.45. The van der Waals surface area contributed by atoms with Gasteiger partial charge in [0.05, 0.1) is 5.54 Å². The fourth-order valence-corrected chi connectivity index (χ4v) is 3.45. The van der Waals surface area contributed by atoms with Gasteiger partial charge in [-0.25, -0.2) is 0 Å².